The number of carbonyl (C=O) groups is 2. The maximum Gasteiger partial charge on any atom is 0.261 e. The molecule has 0 aliphatic carbocycles. The Balaban J connectivity index is 2.23. The summed E-state index contributed by atoms with van der Waals surface area (Å²) >= 11 is 0. The smallest absolute Gasteiger partial charge is 0.261 e. The Morgan fingerprint density at radius 3 is 2.25 bits per heavy atom. The maximum absolute atomic E-state index is 13.1. The number of rotatable bonds is 9. The minimum atomic E-state index is -0.535. The minimum absolute atomic E-state index is 0.105. The van der Waals surface area contributed by atoms with Gasteiger partial charge in [0, 0.05) is 13.1 Å². The van der Waals surface area contributed by atoms with Crippen LogP contribution >= 0.6 is 0 Å². The molecule has 1 N–H and O–H groups in total. The number of para-hydroxylation sites is 1. The fraction of sp³-hybridized carbons (Fsp3) is 0.391. The van der Waals surface area contributed by atoms with E-state index in [1.807, 2.05) is 76.2 Å². The number of nitrogens with one attached hydrogen (secondary N) is 1. The zero-order valence-electron chi connectivity index (χ0n) is 17.2. The van der Waals surface area contributed by atoms with E-state index in [4.69, 9.17) is 4.74 Å². The minimum Gasteiger partial charge on any atom is -0.484 e. The van der Waals surface area contributed by atoms with Crippen molar-refractivity contribution in [2.24, 2.45) is 0 Å². The van der Waals surface area contributed by atoms with Crippen molar-refractivity contribution >= 4 is 11.8 Å². The van der Waals surface area contributed by atoms with Crippen LogP contribution < -0.4 is 10.1 Å². The van der Waals surface area contributed by atoms with Crippen LogP contribution in [0.4, 0.5) is 0 Å². The number of aryl methyl sites for hydroxylation is 2. The molecule has 150 valence electrons. The van der Waals surface area contributed by atoms with Crippen LogP contribution in [0.2, 0.25) is 0 Å². The van der Waals surface area contributed by atoms with Crippen molar-refractivity contribution in [3.63, 3.8) is 0 Å². The molecule has 0 spiro atoms. The number of amides is 2. The highest BCUT2D eigenvalue weighted by Crippen LogP contribution is 2.18. The van der Waals surface area contributed by atoms with Gasteiger partial charge in [-0.2, -0.15) is 0 Å². The predicted molar refractivity (Wildman–Crippen MR) is 111 cm³/mol. The van der Waals surface area contributed by atoms with Crippen molar-refractivity contribution in [3.8, 4) is 5.75 Å². The Morgan fingerprint density at radius 2 is 1.64 bits per heavy atom. The molecule has 0 aromatic heterocycles. The fourth-order valence-corrected chi connectivity index (χ4v) is 3.12. The van der Waals surface area contributed by atoms with E-state index in [9.17, 15) is 9.59 Å². The second kappa shape index (κ2) is 10.5. The van der Waals surface area contributed by atoms with Gasteiger partial charge in [0.05, 0.1) is 0 Å². The first kappa shape index (κ1) is 21.5. The van der Waals surface area contributed by atoms with Gasteiger partial charge >= 0.3 is 0 Å². The van der Waals surface area contributed by atoms with Gasteiger partial charge in [-0.1, -0.05) is 49.4 Å². The van der Waals surface area contributed by atoms with E-state index in [1.54, 1.807) is 4.90 Å². The Labute approximate surface area is 167 Å². The summed E-state index contributed by atoms with van der Waals surface area (Å²) in [5.74, 6) is 0.338. The topological polar surface area (TPSA) is 58.6 Å². The molecule has 0 saturated heterocycles. The van der Waals surface area contributed by atoms with Crippen molar-refractivity contribution in [2.75, 3.05) is 13.2 Å². The van der Waals surface area contributed by atoms with Crippen molar-refractivity contribution in [2.45, 2.75) is 46.7 Å². The van der Waals surface area contributed by atoms with Gasteiger partial charge < -0.3 is 15.0 Å². The molecule has 5 nitrogen and oxygen atoms in total. The molecule has 1 atom stereocenters. The molecule has 2 aromatic carbocycles. The van der Waals surface area contributed by atoms with Crippen LogP contribution in [0.1, 0.15) is 37.0 Å². The summed E-state index contributed by atoms with van der Waals surface area (Å²) in [6, 6.07) is 15.0. The number of ether oxygens (including phenoxy) is 1. The van der Waals surface area contributed by atoms with E-state index in [1.165, 1.54) is 0 Å². The Hall–Kier alpha value is -2.82. The molecular weight excluding hydrogens is 352 g/mol. The van der Waals surface area contributed by atoms with E-state index in [-0.39, 0.29) is 18.4 Å². The van der Waals surface area contributed by atoms with Crippen LogP contribution in [0, 0.1) is 13.8 Å². The van der Waals surface area contributed by atoms with Crippen LogP contribution in [0.25, 0.3) is 0 Å². The van der Waals surface area contributed by atoms with Gasteiger partial charge in [-0.3, -0.25) is 9.59 Å². The van der Waals surface area contributed by atoms with Gasteiger partial charge in [0.15, 0.2) is 6.61 Å². The quantitative estimate of drug-likeness (QED) is 0.721. The van der Waals surface area contributed by atoms with Gasteiger partial charge in [0.25, 0.3) is 5.91 Å². The lowest BCUT2D eigenvalue weighted by molar-refractivity contribution is -0.142. The second-order valence-electron chi connectivity index (χ2n) is 6.82. The highest BCUT2D eigenvalue weighted by atomic mass is 16.5. The molecule has 0 heterocycles. The Kier molecular flexibility index (Phi) is 8.05. The molecule has 0 saturated carbocycles. The van der Waals surface area contributed by atoms with E-state index < -0.39 is 6.04 Å². The molecule has 2 amide bonds. The average Bonchev–Trinajstić information content (AvgIpc) is 2.68. The standard InChI is InChI=1S/C23H30N2O3/c1-5-20(23(27)24-6-2)25(15-19-13-9-7-11-17(19)3)22(26)16-28-21-14-10-8-12-18(21)4/h7-14,20H,5-6,15-16H2,1-4H3,(H,24,27). The molecule has 0 aliphatic rings. The third-order valence-electron chi connectivity index (χ3n) is 4.78. The fourth-order valence-electron chi connectivity index (χ4n) is 3.12. The summed E-state index contributed by atoms with van der Waals surface area (Å²) in [4.78, 5) is 27.3. The number of hydrogen-bond donors (Lipinski definition) is 1. The summed E-state index contributed by atoms with van der Waals surface area (Å²) in [6.07, 6.45) is 0.536. The summed E-state index contributed by atoms with van der Waals surface area (Å²) in [5, 5.41) is 2.84. The molecule has 28 heavy (non-hydrogen) atoms. The lowest BCUT2D eigenvalue weighted by Gasteiger charge is -2.31. The van der Waals surface area contributed by atoms with E-state index in [2.05, 4.69) is 5.32 Å². The SMILES string of the molecule is CCNC(=O)C(CC)N(Cc1ccccc1C)C(=O)COc1ccccc1C. The Bertz CT molecular complexity index is 804. The van der Waals surface area contributed by atoms with Gasteiger partial charge in [-0.05, 0) is 49.9 Å². The first-order chi connectivity index (χ1) is 13.5. The lowest BCUT2D eigenvalue weighted by Crippen LogP contribution is -2.50. The van der Waals surface area contributed by atoms with Gasteiger partial charge in [-0.25, -0.2) is 0 Å². The van der Waals surface area contributed by atoms with Crippen LogP contribution in [-0.2, 0) is 16.1 Å². The predicted octanol–water partition coefficient (Wildman–Crippen LogP) is 3.63. The summed E-state index contributed by atoms with van der Waals surface area (Å²) in [6.45, 7) is 8.54. The molecule has 2 aromatic rings. The van der Waals surface area contributed by atoms with E-state index in [0.29, 0.717) is 25.3 Å². The van der Waals surface area contributed by atoms with Crippen molar-refractivity contribution in [1.82, 2.24) is 10.2 Å². The van der Waals surface area contributed by atoms with Crippen molar-refractivity contribution in [3.05, 3.63) is 65.2 Å². The van der Waals surface area contributed by atoms with Crippen LogP contribution in [-0.4, -0.2) is 35.9 Å². The summed E-state index contributed by atoms with van der Waals surface area (Å²) in [5.41, 5.74) is 3.08. The third kappa shape index (κ3) is 5.59. The molecule has 2 rings (SSSR count). The third-order valence-corrected chi connectivity index (χ3v) is 4.78. The van der Waals surface area contributed by atoms with Crippen LogP contribution in [0.15, 0.2) is 48.5 Å². The summed E-state index contributed by atoms with van der Waals surface area (Å²) in [7, 11) is 0. The normalized spacial score (nSPS) is 11.6. The number of likely N-dealkylation sites (N-methyl/N-ethyl adjacent to an activating group) is 1. The molecule has 0 radical (unpaired) electrons. The van der Waals surface area contributed by atoms with Gasteiger partial charge in [-0.15, -0.1) is 0 Å². The zero-order valence-corrected chi connectivity index (χ0v) is 17.2. The maximum atomic E-state index is 13.1. The second-order valence-corrected chi connectivity index (χ2v) is 6.82. The van der Waals surface area contributed by atoms with Crippen LogP contribution in [0.3, 0.4) is 0 Å². The highest BCUT2D eigenvalue weighted by molar-refractivity contribution is 5.88. The van der Waals surface area contributed by atoms with E-state index >= 15 is 0 Å². The highest BCUT2D eigenvalue weighted by Gasteiger charge is 2.29. The molecule has 0 bridgehead atoms. The molecule has 1 unspecified atom stereocenters. The number of carbonyl (C=O) groups excluding carboxylic acids is 2. The molecular formula is C23H30N2O3. The average molecular weight is 383 g/mol. The molecule has 0 aliphatic heterocycles. The van der Waals surface area contributed by atoms with Gasteiger partial charge in [0.1, 0.15) is 11.8 Å². The number of benzene rings is 2. The van der Waals surface area contributed by atoms with Gasteiger partial charge in [0.2, 0.25) is 5.91 Å². The lowest BCUT2D eigenvalue weighted by atomic mass is 10.1. The first-order valence-electron chi connectivity index (χ1n) is 9.78. The Morgan fingerprint density at radius 1 is 1.00 bits per heavy atom. The largest absolute Gasteiger partial charge is 0.484 e. The monoisotopic (exact) mass is 382 g/mol. The number of nitrogens with zero attached hydrogens (tertiary/aromatic N) is 1. The van der Waals surface area contributed by atoms with Crippen LogP contribution in [0.5, 0.6) is 5.75 Å². The molecule has 0 fully saturated rings. The first-order valence-corrected chi connectivity index (χ1v) is 9.78. The number of hydrogen-bond acceptors (Lipinski definition) is 3. The van der Waals surface area contributed by atoms with E-state index in [0.717, 1.165) is 16.7 Å². The van der Waals surface area contributed by atoms with Crippen molar-refractivity contribution in [1.29, 1.82) is 0 Å². The van der Waals surface area contributed by atoms with Crippen molar-refractivity contribution < 1.29 is 14.3 Å². The summed E-state index contributed by atoms with van der Waals surface area (Å²) < 4.78 is 5.76. The zero-order chi connectivity index (χ0) is 20.5. The molecule has 5 heteroatoms.